The normalized spacial score (nSPS) is 12.4. The Balaban J connectivity index is 3.52. The van der Waals surface area contributed by atoms with Gasteiger partial charge in [0.1, 0.15) is 0 Å². The number of nitrogens with one attached hydrogen (secondary N) is 1. The van der Waals surface area contributed by atoms with Gasteiger partial charge in [0.25, 0.3) is 0 Å². The van der Waals surface area contributed by atoms with Crippen LogP contribution in [0, 0.1) is 0 Å². The summed E-state index contributed by atoms with van der Waals surface area (Å²) in [4.78, 5) is 2.36. The fraction of sp³-hybridized carbons (Fsp3) is 1.00. The monoisotopic (exact) mass is 202 g/mol. The average molecular weight is 202 g/mol. The number of aliphatic hydroxyl groups excluding tert-OH is 1. The highest BCUT2D eigenvalue weighted by Gasteiger charge is 2.08. The summed E-state index contributed by atoms with van der Waals surface area (Å²) < 4.78 is 0. The molecule has 0 bridgehead atoms. The maximum Gasteiger partial charge on any atom is 0.0443 e. The molecule has 0 aromatic carbocycles. The van der Waals surface area contributed by atoms with E-state index in [1.807, 2.05) is 0 Å². The van der Waals surface area contributed by atoms with E-state index in [0.29, 0.717) is 6.61 Å². The summed E-state index contributed by atoms with van der Waals surface area (Å²) in [6.45, 7) is 13.1. The number of hydrogen-bond donors (Lipinski definition) is 2. The second-order valence-electron chi connectivity index (χ2n) is 4.69. The molecule has 0 atom stereocenters. The van der Waals surface area contributed by atoms with E-state index >= 15 is 0 Å². The molecule has 3 heteroatoms. The van der Waals surface area contributed by atoms with E-state index in [-0.39, 0.29) is 5.54 Å². The lowest BCUT2D eigenvalue weighted by molar-refractivity contribution is 0.225. The van der Waals surface area contributed by atoms with Crippen LogP contribution in [0.4, 0.5) is 0 Å². The quantitative estimate of drug-likeness (QED) is 0.648. The first-order chi connectivity index (χ1) is 6.49. The first-order valence-electron chi connectivity index (χ1n) is 5.58. The number of hydrogen-bond acceptors (Lipinski definition) is 3. The van der Waals surface area contributed by atoms with Gasteiger partial charge in [-0.1, -0.05) is 6.92 Å². The summed E-state index contributed by atoms with van der Waals surface area (Å²) in [7, 11) is 0. The molecule has 2 N–H and O–H groups in total. The zero-order valence-electron chi connectivity index (χ0n) is 10.1. The second kappa shape index (κ2) is 7.21. The molecule has 0 saturated heterocycles. The van der Waals surface area contributed by atoms with Gasteiger partial charge in [-0.3, -0.25) is 0 Å². The molecule has 3 nitrogen and oxygen atoms in total. The lowest BCUT2D eigenvalue weighted by Crippen LogP contribution is -2.41. The van der Waals surface area contributed by atoms with Gasteiger partial charge in [0.15, 0.2) is 0 Å². The Hall–Kier alpha value is -0.120. The summed E-state index contributed by atoms with van der Waals surface area (Å²) in [6, 6.07) is 0. The third-order valence-corrected chi connectivity index (χ3v) is 2.16. The Kier molecular flexibility index (Phi) is 7.15. The summed E-state index contributed by atoms with van der Waals surface area (Å²) >= 11 is 0. The molecule has 0 aliphatic carbocycles. The third-order valence-electron chi connectivity index (χ3n) is 2.16. The second-order valence-corrected chi connectivity index (χ2v) is 4.69. The van der Waals surface area contributed by atoms with Gasteiger partial charge < -0.3 is 15.3 Å². The minimum absolute atomic E-state index is 0.205. The van der Waals surface area contributed by atoms with Crippen LogP contribution in [-0.2, 0) is 0 Å². The van der Waals surface area contributed by atoms with Crippen molar-refractivity contribution in [2.75, 3.05) is 32.8 Å². The predicted octanol–water partition coefficient (Wildman–Crippen LogP) is 1.08. The zero-order chi connectivity index (χ0) is 11.0. The van der Waals surface area contributed by atoms with E-state index in [0.717, 1.165) is 32.6 Å². The Bertz CT molecular complexity index is 132. The molecular weight excluding hydrogens is 176 g/mol. The zero-order valence-corrected chi connectivity index (χ0v) is 10.1. The molecule has 0 fully saturated rings. The van der Waals surface area contributed by atoms with Crippen LogP contribution >= 0.6 is 0 Å². The maximum atomic E-state index is 8.72. The van der Waals surface area contributed by atoms with Gasteiger partial charge in [-0.2, -0.15) is 0 Å². The van der Waals surface area contributed by atoms with Gasteiger partial charge in [0, 0.05) is 31.8 Å². The van der Waals surface area contributed by atoms with Crippen LogP contribution < -0.4 is 5.32 Å². The van der Waals surface area contributed by atoms with Crippen molar-refractivity contribution in [1.82, 2.24) is 10.2 Å². The van der Waals surface area contributed by atoms with Gasteiger partial charge in [0.05, 0.1) is 0 Å². The predicted molar refractivity (Wildman–Crippen MR) is 61.6 cm³/mol. The Morgan fingerprint density at radius 3 is 2.29 bits per heavy atom. The van der Waals surface area contributed by atoms with Crippen LogP contribution in [0.3, 0.4) is 0 Å². The Morgan fingerprint density at radius 2 is 1.86 bits per heavy atom. The van der Waals surface area contributed by atoms with Gasteiger partial charge in [-0.25, -0.2) is 0 Å². The largest absolute Gasteiger partial charge is 0.396 e. The average Bonchev–Trinajstić information content (AvgIpc) is 2.09. The van der Waals surface area contributed by atoms with Crippen LogP contribution in [0.15, 0.2) is 0 Å². The molecule has 0 heterocycles. The van der Waals surface area contributed by atoms with Crippen LogP contribution in [0.25, 0.3) is 0 Å². The highest BCUT2D eigenvalue weighted by molar-refractivity contribution is 4.71. The van der Waals surface area contributed by atoms with Crippen molar-refractivity contribution in [2.24, 2.45) is 0 Å². The van der Waals surface area contributed by atoms with Gasteiger partial charge in [0.2, 0.25) is 0 Å². The highest BCUT2D eigenvalue weighted by Crippen LogP contribution is 1.98. The Morgan fingerprint density at radius 1 is 1.21 bits per heavy atom. The summed E-state index contributed by atoms with van der Waals surface area (Å²) in [5.41, 5.74) is 0.205. The number of aliphatic hydroxyl groups is 1. The SMILES string of the molecule is CCN(CCCO)CCNC(C)(C)C. The van der Waals surface area contributed by atoms with E-state index in [1.165, 1.54) is 0 Å². The van der Waals surface area contributed by atoms with Crippen LogP contribution in [0.2, 0.25) is 0 Å². The van der Waals surface area contributed by atoms with Crippen molar-refractivity contribution in [3.05, 3.63) is 0 Å². The topological polar surface area (TPSA) is 35.5 Å². The van der Waals surface area contributed by atoms with Crippen LogP contribution in [0.5, 0.6) is 0 Å². The van der Waals surface area contributed by atoms with Crippen molar-refractivity contribution in [3.63, 3.8) is 0 Å². The van der Waals surface area contributed by atoms with E-state index in [9.17, 15) is 0 Å². The lowest BCUT2D eigenvalue weighted by Gasteiger charge is -2.25. The highest BCUT2D eigenvalue weighted by atomic mass is 16.3. The molecule has 0 radical (unpaired) electrons. The van der Waals surface area contributed by atoms with Crippen molar-refractivity contribution in [1.29, 1.82) is 0 Å². The number of rotatable bonds is 7. The molecule has 86 valence electrons. The minimum Gasteiger partial charge on any atom is -0.396 e. The molecule has 14 heavy (non-hydrogen) atoms. The fourth-order valence-corrected chi connectivity index (χ4v) is 1.31. The smallest absolute Gasteiger partial charge is 0.0443 e. The lowest BCUT2D eigenvalue weighted by atomic mass is 10.1. The molecule has 0 unspecified atom stereocenters. The summed E-state index contributed by atoms with van der Waals surface area (Å²) in [6.07, 6.45) is 0.878. The number of likely N-dealkylation sites (N-methyl/N-ethyl adjacent to an activating group) is 1. The summed E-state index contributed by atoms with van der Waals surface area (Å²) in [5, 5.41) is 12.2. The van der Waals surface area contributed by atoms with Crippen LogP contribution in [0.1, 0.15) is 34.1 Å². The summed E-state index contributed by atoms with van der Waals surface area (Å²) in [5.74, 6) is 0. The molecular formula is C11H26N2O. The first-order valence-corrected chi connectivity index (χ1v) is 5.58. The van der Waals surface area contributed by atoms with E-state index < -0.39 is 0 Å². The molecule has 0 amide bonds. The van der Waals surface area contributed by atoms with Gasteiger partial charge in [-0.05, 0) is 33.7 Å². The maximum absolute atomic E-state index is 8.72. The van der Waals surface area contributed by atoms with Gasteiger partial charge >= 0.3 is 0 Å². The minimum atomic E-state index is 0.205. The van der Waals surface area contributed by atoms with E-state index in [2.05, 4.69) is 37.9 Å². The molecule has 0 aromatic heterocycles. The van der Waals surface area contributed by atoms with E-state index in [4.69, 9.17) is 5.11 Å². The molecule has 0 aliphatic heterocycles. The standard InChI is InChI=1S/C11H26N2O/c1-5-13(8-6-10-14)9-7-12-11(2,3)4/h12,14H,5-10H2,1-4H3. The van der Waals surface area contributed by atoms with E-state index in [1.54, 1.807) is 0 Å². The Labute approximate surface area is 88.5 Å². The first kappa shape index (κ1) is 13.9. The molecule has 0 aliphatic rings. The van der Waals surface area contributed by atoms with Gasteiger partial charge in [-0.15, -0.1) is 0 Å². The third kappa shape index (κ3) is 8.48. The van der Waals surface area contributed by atoms with Crippen molar-refractivity contribution < 1.29 is 5.11 Å². The van der Waals surface area contributed by atoms with Crippen molar-refractivity contribution in [2.45, 2.75) is 39.7 Å². The molecule has 0 rings (SSSR count). The molecule has 0 spiro atoms. The van der Waals surface area contributed by atoms with Crippen molar-refractivity contribution in [3.8, 4) is 0 Å². The molecule has 0 saturated carbocycles. The molecule has 0 aromatic rings. The fourth-order valence-electron chi connectivity index (χ4n) is 1.31. The number of nitrogens with zero attached hydrogens (tertiary/aromatic N) is 1. The van der Waals surface area contributed by atoms with Crippen LogP contribution in [-0.4, -0.2) is 48.3 Å². The van der Waals surface area contributed by atoms with Crippen molar-refractivity contribution >= 4 is 0 Å².